The van der Waals surface area contributed by atoms with Crippen molar-refractivity contribution in [2.24, 2.45) is 0 Å². The number of hydrogen-bond donors (Lipinski definition) is 1. The molecule has 0 unspecified atom stereocenters. The van der Waals surface area contributed by atoms with Gasteiger partial charge >= 0.3 is 0 Å². The summed E-state index contributed by atoms with van der Waals surface area (Å²) in [6, 6.07) is 14.7. The Balaban J connectivity index is 1.76. The highest BCUT2D eigenvalue weighted by atomic mass is 19.1. The first kappa shape index (κ1) is 26.5. The van der Waals surface area contributed by atoms with Crippen LogP contribution in [0.4, 0.5) is 10.1 Å². The third kappa shape index (κ3) is 6.05. The fourth-order valence-electron chi connectivity index (χ4n) is 3.87. The van der Waals surface area contributed by atoms with Crippen molar-refractivity contribution in [3.8, 4) is 17.3 Å². The maximum absolute atomic E-state index is 15.2. The maximum Gasteiger partial charge on any atom is 0.251 e. The number of para-hydroxylation sites is 1. The zero-order chi connectivity index (χ0) is 27.4. The Hall–Kier alpha value is -4.54. The molecule has 0 aliphatic heterocycles. The second kappa shape index (κ2) is 10.8. The Labute approximate surface area is 219 Å². The molecule has 0 bridgehead atoms. The minimum Gasteiger partial charge on any atom is -0.497 e. The Morgan fingerprint density at radius 2 is 1.82 bits per heavy atom. The molecule has 0 aliphatic carbocycles. The van der Waals surface area contributed by atoms with Crippen molar-refractivity contribution >= 4 is 17.5 Å². The number of amides is 2. The molecule has 1 atom stereocenters. The van der Waals surface area contributed by atoms with E-state index in [-0.39, 0.29) is 11.5 Å². The van der Waals surface area contributed by atoms with Crippen molar-refractivity contribution < 1.29 is 23.1 Å². The number of methoxy groups -OCH3 is 1. The van der Waals surface area contributed by atoms with Gasteiger partial charge in [-0.3, -0.25) is 14.5 Å². The summed E-state index contributed by atoms with van der Waals surface area (Å²) in [7, 11) is 1.53. The zero-order valence-corrected chi connectivity index (χ0v) is 21.8. The lowest BCUT2D eigenvalue weighted by molar-refractivity contribution is -0.128. The van der Waals surface area contributed by atoms with Gasteiger partial charge in [0.05, 0.1) is 12.8 Å². The minimum absolute atomic E-state index is 0.0654. The van der Waals surface area contributed by atoms with Crippen LogP contribution >= 0.6 is 0 Å². The number of carbonyl (C=O) groups is 2. The molecule has 1 N–H and O–H groups in total. The van der Waals surface area contributed by atoms with Gasteiger partial charge in [-0.05, 0) is 74.9 Å². The van der Waals surface area contributed by atoms with Crippen LogP contribution in [0, 0.1) is 12.7 Å². The molecule has 198 valence electrons. The summed E-state index contributed by atoms with van der Waals surface area (Å²) in [5, 5.41) is 15.1. The number of benzene rings is 2. The summed E-state index contributed by atoms with van der Waals surface area (Å²) in [4.78, 5) is 29.7. The quantitative estimate of drug-likeness (QED) is 0.372. The van der Waals surface area contributed by atoms with Crippen LogP contribution in [0.2, 0.25) is 0 Å². The Kier molecular flexibility index (Phi) is 7.56. The molecule has 4 aromatic rings. The van der Waals surface area contributed by atoms with E-state index in [1.54, 1.807) is 49.4 Å². The molecule has 0 spiro atoms. The molecule has 38 heavy (non-hydrogen) atoms. The monoisotopic (exact) mass is 520 g/mol. The molecule has 0 saturated carbocycles. The highest BCUT2D eigenvalue weighted by molar-refractivity contribution is 6.01. The summed E-state index contributed by atoms with van der Waals surface area (Å²) in [6.07, 6.45) is 0. The molecule has 0 saturated heterocycles. The summed E-state index contributed by atoms with van der Waals surface area (Å²) >= 11 is 0. The van der Waals surface area contributed by atoms with E-state index in [0.717, 1.165) is 9.70 Å². The largest absolute Gasteiger partial charge is 0.497 e. The summed E-state index contributed by atoms with van der Waals surface area (Å²) in [6.45, 7) is 6.84. The van der Waals surface area contributed by atoms with E-state index in [1.807, 2.05) is 20.8 Å². The van der Waals surface area contributed by atoms with E-state index in [2.05, 4.69) is 20.7 Å². The van der Waals surface area contributed by atoms with Gasteiger partial charge < -0.3 is 14.5 Å². The molecule has 2 heterocycles. The average Bonchev–Trinajstić information content (AvgIpc) is 3.51. The van der Waals surface area contributed by atoms with Crippen LogP contribution < -0.4 is 15.0 Å². The highest BCUT2D eigenvalue weighted by Crippen LogP contribution is 2.32. The molecule has 2 aromatic heterocycles. The molecule has 10 nitrogen and oxygen atoms in total. The number of ether oxygens (including phenoxy) is 1. The number of halogens is 1. The second-order valence-corrected chi connectivity index (χ2v) is 9.68. The van der Waals surface area contributed by atoms with Gasteiger partial charge in [-0.25, -0.2) is 4.39 Å². The fourth-order valence-corrected chi connectivity index (χ4v) is 3.87. The van der Waals surface area contributed by atoms with E-state index in [9.17, 15) is 9.59 Å². The van der Waals surface area contributed by atoms with Crippen LogP contribution in [0.3, 0.4) is 0 Å². The summed E-state index contributed by atoms with van der Waals surface area (Å²) in [5.41, 5.74) is -0.221. The highest BCUT2D eigenvalue weighted by Gasteiger charge is 2.36. The van der Waals surface area contributed by atoms with Gasteiger partial charge in [0.2, 0.25) is 11.7 Å². The van der Waals surface area contributed by atoms with Crippen LogP contribution in [0.15, 0.2) is 65.1 Å². The van der Waals surface area contributed by atoms with Crippen molar-refractivity contribution in [2.75, 3.05) is 12.0 Å². The number of hydrogen-bond acceptors (Lipinski definition) is 7. The molecule has 4 rings (SSSR count). The third-order valence-corrected chi connectivity index (χ3v) is 5.51. The topological polar surface area (TPSA) is 115 Å². The zero-order valence-electron chi connectivity index (χ0n) is 21.8. The number of aromatic nitrogens is 4. The lowest BCUT2D eigenvalue weighted by Crippen LogP contribution is -2.50. The van der Waals surface area contributed by atoms with Gasteiger partial charge in [0.15, 0.2) is 5.76 Å². The molecule has 0 fully saturated rings. The van der Waals surface area contributed by atoms with E-state index in [1.165, 1.54) is 25.3 Å². The van der Waals surface area contributed by atoms with Crippen LogP contribution in [-0.2, 0) is 16.1 Å². The van der Waals surface area contributed by atoms with Crippen molar-refractivity contribution in [1.29, 1.82) is 0 Å². The van der Waals surface area contributed by atoms with Crippen molar-refractivity contribution in [1.82, 2.24) is 25.5 Å². The number of rotatable bonds is 8. The van der Waals surface area contributed by atoms with Crippen molar-refractivity contribution in [3.63, 3.8) is 0 Å². The van der Waals surface area contributed by atoms with Crippen LogP contribution in [0.1, 0.15) is 38.1 Å². The van der Waals surface area contributed by atoms with Gasteiger partial charge in [-0.15, -0.1) is 10.2 Å². The van der Waals surface area contributed by atoms with Gasteiger partial charge in [0.1, 0.15) is 29.9 Å². The van der Waals surface area contributed by atoms with Gasteiger partial charge in [0.25, 0.3) is 5.91 Å². The molecule has 2 amide bonds. The predicted octanol–water partition coefficient (Wildman–Crippen LogP) is 4.08. The summed E-state index contributed by atoms with van der Waals surface area (Å²) in [5.74, 6) is 0.0528. The van der Waals surface area contributed by atoms with Crippen molar-refractivity contribution in [2.45, 2.75) is 45.8 Å². The lowest BCUT2D eigenvalue weighted by Gasteiger charge is -2.33. The van der Waals surface area contributed by atoms with Gasteiger partial charge in [-0.2, -0.15) is 4.80 Å². The molecular weight excluding hydrogens is 491 g/mol. The van der Waals surface area contributed by atoms with Gasteiger partial charge in [0, 0.05) is 5.54 Å². The fraction of sp³-hybridized carbons (Fsp3) is 0.296. The number of nitrogens with one attached hydrogen (secondary N) is 1. The Morgan fingerprint density at radius 1 is 1.11 bits per heavy atom. The lowest BCUT2D eigenvalue weighted by atomic mass is 10.0. The van der Waals surface area contributed by atoms with Crippen molar-refractivity contribution in [3.05, 3.63) is 77.8 Å². The normalized spacial score (nSPS) is 12.2. The first-order chi connectivity index (χ1) is 18.1. The van der Waals surface area contributed by atoms with Gasteiger partial charge in [-0.1, -0.05) is 24.3 Å². The summed E-state index contributed by atoms with van der Waals surface area (Å²) < 4.78 is 25.9. The maximum atomic E-state index is 15.2. The number of furan rings is 1. The molecule has 11 heteroatoms. The van der Waals surface area contributed by atoms with Crippen LogP contribution in [0.25, 0.3) is 11.6 Å². The van der Waals surface area contributed by atoms with Crippen LogP contribution in [-0.4, -0.2) is 44.7 Å². The molecule has 0 radical (unpaired) electrons. The number of anilines is 1. The average molecular weight is 521 g/mol. The Morgan fingerprint density at radius 3 is 2.42 bits per heavy atom. The van der Waals surface area contributed by atoms with E-state index in [4.69, 9.17) is 9.15 Å². The smallest absolute Gasteiger partial charge is 0.251 e. The Bertz CT molecular complexity index is 1420. The van der Waals surface area contributed by atoms with E-state index >= 15 is 4.39 Å². The van der Waals surface area contributed by atoms with Crippen LogP contribution in [0.5, 0.6) is 5.75 Å². The number of nitrogens with zero attached hydrogens (tertiary/aromatic N) is 5. The minimum atomic E-state index is -1.21. The SMILES string of the molecule is COc1ccc([C@@H](C(=O)NC(C)(C)C)N(C(=O)Cn2nnc(-c3ccc(C)o3)n2)c2ccccc2F)cc1. The second-order valence-electron chi connectivity index (χ2n) is 9.68. The number of tetrazole rings is 1. The molecule has 0 aliphatic rings. The molecular formula is C27H29FN6O4. The first-order valence-electron chi connectivity index (χ1n) is 11.9. The predicted molar refractivity (Wildman–Crippen MR) is 138 cm³/mol. The van der Waals surface area contributed by atoms with E-state index in [0.29, 0.717) is 22.8 Å². The number of aryl methyl sites for hydroxylation is 1. The standard InChI is InChI=1S/C27H29FN6O4/c1-17-10-15-22(38-17)25-30-32-33(31-25)16-23(35)34(21-9-7-6-8-20(21)28)24(26(36)29-27(2,3)4)18-11-13-19(37-5)14-12-18/h6-15,24H,16H2,1-5H3,(H,29,36)/t24-/m0/s1. The first-order valence-corrected chi connectivity index (χ1v) is 11.9. The molecule has 2 aromatic carbocycles. The van der Waals surface area contributed by atoms with E-state index < -0.39 is 35.8 Å². The third-order valence-electron chi connectivity index (χ3n) is 5.51. The number of carbonyl (C=O) groups excluding carboxylic acids is 2.